The van der Waals surface area contributed by atoms with E-state index < -0.39 is 0 Å². The van der Waals surface area contributed by atoms with Crippen molar-refractivity contribution in [1.29, 1.82) is 0 Å². The number of fused-ring (bicyclic) bond motifs is 1. The maximum atomic E-state index is 4.38. The Morgan fingerprint density at radius 3 is 2.76 bits per heavy atom. The van der Waals surface area contributed by atoms with Crippen LogP contribution in [-0.4, -0.2) is 22.4 Å². The van der Waals surface area contributed by atoms with Crippen molar-refractivity contribution in [3.8, 4) is 0 Å². The predicted molar refractivity (Wildman–Crippen MR) is 89.7 cm³/mol. The van der Waals surface area contributed by atoms with Crippen LogP contribution in [0.3, 0.4) is 0 Å². The average Bonchev–Trinajstić information content (AvgIpc) is 2.93. The lowest BCUT2D eigenvalue weighted by Gasteiger charge is -2.18. The van der Waals surface area contributed by atoms with Gasteiger partial charge in [-0.15, -0.1) is 0 Å². The van der Waals surface area contributed by atoms with Crippen molar-refractivity contribution in [3.63, 3.8) is 0 Å². The van der Waals surface area contributed by atoms with Crippen molar-refractivity contribution >= 4 is 22.5 Å². The molecule has 1 unspecified atom stereocenters. The van der Waals surface area contributed by atoms with E-state index in [1.165, 1.54) is 16.3 Å². The first-order valence-electron chi connectivity index (χ1n) is 7.04. The largest absolute Gasteiger partial charge is 0.329 e. The van der Waals surface area contributed by atoms with Crippen molar-refractivity contribution < 1.29 is 0 Å². The van der Waals surface area contributed by atoms with Crippen LogP contribution in [0.1, 0.15) is 11.6 Å². The summed E-state index contributed by atoms with van der Waals surface area (Å²) in [4.78, 5) is 4.38. The Hall–Kier alpha value is -1.78. The minimum absolute atomic E-state index is 0.304. The first-order valence-corrected chi connectivity index (χ1v) is 8.03. The zero-order valence-electron chi connectivity index (χ0n) is 12.3. The van der Waals surface area contributed by atoms with Crippen LogP contribution in [0.2, 0.25) is 0 Å². The lowest BCUT2D eigenvalue weighted by Crippen LogP contribution is -2.19. The molecular weight excluding hydrogens is 278 g/mol. The van der Waals surface area contributed by atoms with Gasteiger partial charge in [0.15, 0.2) is 5.16 Å². The van der Waals surface area contributed by atoms with E-state index in [1.54, 1.807) is 11.8 Å². The van der Waals surface area contributed by atoms with Crippen molar-refractivity contribution in [1.82, 2.24) is 14.9 Å². The molecule has 0 radical (unpaired) electrons. The molecule has 0 aliphatic rings. The third-order valence-corrected chi connectivity index (χ3v) is 4.85. The second kappa shape index (κ2) is 6.33. The Balaban J connectivity index is 1.86. The molecule has 3 nitrogen and oxygen atoms in total. The van der Waals surface area contributed by atoms with Crippen LogP contribution in [0.5, 0.6) is 0 Å². The quantitative estimate of drug-likeness (QED) is 0.729. The molecule has 0 saturated heterocycles. The highest BCUT2D eigenvalue weighted by Gasteiger charge is 2.13. The highest BCUT2D eigenvalue weighted by Crippen LogP contribution is 2.28. The summed E-state index contributed by atoms with van der Waals surface area (Å²) in [6.07, 6.45) is 3.82. The van der Waals surface area contributed by atoms with Crippen LogP contribution in [-0.2, 0) is 7.05 Å². The lowest BCUT2D eigenvalue weighted by atomic mass is 10.00. The van der Waals surface area contributed by atoms with Crippen LogP contribution in [0.4, 0.5) is 0 Å². The second-order valence-electron chi connectivity index (χ2n) is 5.04. The van der Waals surface area contributed by atoms with Gasteiger partial charge in [0.05, 0.1) is 0 Å². The number of thioether (sulfide) groups is 1. The average molecular weight is 297 g/mol. The fraction of sp³-hybridized carbons (Fsp3) is 0.235. The van der Waals surface area contributed by atoms with Gasteiger partial charge in [-0.2, -0.15) is 0 Å². The number of aryl methyl sites for hydroxylation is 1. The first-order chi connectivity index (χ1) is 10.3. The lowest BCUT2D eigenvalue weighted by molar-refractivity contribution is 0.664. The van der Waals surface area contributed by atoms with Gasteiger partial charge in [-0.25, -0.2) is 4.98 Å². The van der Waals surface area contributed by atoms with E-state index in [2.05, 4.69) is 57.3 Å². The molecule has 3 aromatic rings. The van der Waals surface area contributed by atoms with Gasteiger partial charge in [-0.1, -0.05) is 54.2 Å². The van der Waals surface area contributed by atoms with E-state index in [1.807, 2.05) is 26.5 Å². The molecule has 0 spiro atoms. The third kappa shape index (κ3) is 2.96. The number of aromatic nitrogens is 2. The van der Waals surface area contributed by atoms with Gasteiger partial charge in [0.25, 0.3) is 0 Å². The summed E-state index contributed by atoms with van der Waals surface area (Å²) in [5.41, 5.74) is 1.34. The molecule has 1 aromatic heterocycles. The number of benzene rings is 2. The summed E-state index contributed by atoms with van der Waals surface area (Å²) < 4.78 is 2.06. The number of nitrogens with one attached hydrogen (secondary N) is 1. The molecule has 0 bridgehead atoms. The van der Waals surface area contributed by atoms with Crippen molar-refractivity contribution in [2.75, 3.05) is 12.8 Å². The van der Waals surface area contributed by atoms with Gasteiger partial charge < -0.3 is 9.88 Å². The normalized spacial score (nSPS) is 12.7. The topological polar surface area (TPSA) is 29.9 Å². The summed E-state index contributed by atoms with van der Waals surface area (Å²) in [5, 5.41) is 7.09. The Kier molecular flexibility index (Phi) is 4.27. The van der Waals surface area contributed by atoms with Crippen molar-refractivity contribution in [2.45, 2.75) is 11.2 Å². The van der Waals surface area contributed by atoms with E-state index in [4.69, 9.17) is 0 Å². The monoisotopic (exact) mass is 297 g/mol. The predicted octanol–water partition coefficient (Wildman–Crippen LogP) is 3.63. The molecular formula is C17H19N3S. The maximum Gasteiger partial charge on any atom is 0.167 e. The Bertz CT molecular complexity index is 730. The smallest absolute Gasteiger partial charge is 0.167 e. The molecule has 3 rings (SSSR count). The molecule has 1 N–H and O–H groups in total. The summed E-state index contributed by atoms with van der Waals surface area (Å²) in [5.74, 6) is 0.954. The summed E-state index contributed by atoms with van der Waals surface area (Å²) in [6.45, 7) is 0. The zero-order chi connectivity index (χ0) is 14.7. The van der Waals surface area contributed by atoms with Crippen LogP contribution in [0, 0.1) is 0 Å². The van der Waals surface area contributed by atoms with Crippen molar-refractivity contribution in [3.05, 3.63) is 60.4 Å². The van der Waals surface area contributed by atoms with Crippen LogP contribution in [0.15, 0.2) is 60.0 Å². The first kappa shape index (κ1) is 14.2. The van der Waals surface area contributed by atoms with Gasteiger partial charge in [-0.05, 0) is 23.4 Å². The van der Waals surface area contributed by atoms with E-state index in [-0.39, 0.29) is 0 Å². The molecule has 108 valence electrons. The highest BCUT2D eigenvalue weighted by atomic mass is 32.2. The summed E-state index contributed by atoms with van der Waals surface area (Å²) in [7, 11) is 4.05. The molecule has 1 heterocycles. The molecule has 4 heteroatoms. The van der Waals surface area contributed by atoms with Gasteiger partial charge in [0.1, 0.15) is 0 Å². The molecule has 0 aliphatic heterocycles. The summed E-state index contributed by atoms with van der Waals surface area (Å²) >= 11 is 1.78. The highest BCUT2D eigenvalue weighted by molar-refractivity contribution is 7.99. The summed E-state index contributed by atoms with van der Waals surface area (Å²) in [6, 6.07) is 15.4. The molecule has 2 aromatic carbocycles. The van der Waals surface area contributed by atoms with E-state index in [9.17, 15) is 0 Å². The molecule has 0 aliphatic carbocycles. The SMILES string of the molecule is CNC(CSc1nccn1C)c1cccc2ccccc12. The molecule has 1 atom stereocenters. The minimum Gasteiger partial charge on any atom is -0.329 e. The fourth-order valence-electron chi connectivity index (χ4n) is 2.53. The van der Waals surface area contributed by atoms with Crippen LogP contribution < -0.4 is 5.32 Å². The fourth-order valence-corrected chi connectivity index (χ4v) is 3.59. The molecule has 0 fully saturated rings. The van der Waals surface area contributed by atoms with Gasteiger partial charge >= 0.3 is 0 Å². The van der Waals surface area contributed by atoms with Gasteiger partial charge in [0.2, 0.25) is 0 Å². The maximum absolute atomic E-state index is 4.38. The van der Waals surface area contributed by atoms with E-state index >= 15 is 0 Å². The third-order valence-electron chi connectivity index (χ3n) is 3.70. The molecule has 21 heavy (non-hydrogen) atoms. The van der Waals surface area contributed by atoms with E-state index in [0.29, 0.717) is 6.04 Å². The van der Waals surface area contributed by atoms with E-state index in [0.717, 1.165) is 10.9 Å². The van der Waals surface area contributed by atoms with Gasteiger partial charge in [0, 0.05) is 31.2 Å². The van der Waals surface area contributed by atoms with Crippen LogP contribution >= 0.6 is 11.8 Å². The minimum atomic E-state index is 0.304. The Labute approximate surface area is 129 Å². The Morgan fingerprint density at radius 1 is 1.19 bits per heavy atom. The standard InChI is InChI=1S/C17H19N3S/c1-18-16(12-21-17-19-10-11-20(17)2)15-9-5-7-13-6-3-4-8-14(13)15/h3-11,16,18H,12H2,1-2H3. The van der Waals surface area contributed by atoms with Crippen molar-refractivity contribution in [2.24, 2.45) is 7.05 Å². The zero-order valence-corrected chi connectivity index (χ0v) is 13.1. The molecule has 0 saturated carbocycles. The second-order valence-corrected chi connectivity index (χ2v) is 6.03. The number of rotatable bonds is 5. The molecule has 0 amide bonds. The number of hydrogen-bond acceptors (Lipinski definition) is 3. The number of imidazole rings is 1. The number of nitrogens with zero attached hydrogens (tertiary/aromatic N) is 2. The Morgan fingerprint density at radius 2 is 2.00 bits per heavy atom. The number of hydrogen-bond donors (Lipinski definition) is 1. The van der Waals surface area contributed by atoms with Crippen LogP contribution in [0.25, 0.3) is 10.8 Å². The van der Waals surface area contributed by atoms with Gasteiger partial charge in [-0.3, -0.25) is 0 Å².